The van der Waals surface area contributed by atoms with E-state index >= 15 is 0 Å². The van der Waals surface area contributed by atoms with Gasteiger partial charge in [-0.15, -0.1) is 0 Å². The standard InChI is InChI=1S/C2H3BrO/c1-2(3)4/h1H3/i2+2. The van der Waals surface area contributed by atoms with E-state index < -0.39 is 0 Å². The van der Waals surface area contributed by atoms with Crippen molar-refractivity contribution in [3.05, 3.63) is 0 Å². The van der Waals surface area contributed by atoms with Gasteiger partial charge in [0.15, 0.2) is 4.69 Å². The van der Waals surface area contributed by atoms with Crippen molar-refractivity contribution in [1.82, 2.24) is 0 Å². The zero-order valence-corrected chi connectivity index (χ0v) is 3.87. The first-order valence-corrected chi connectivity index (χ1v) is 1.69. The predicted molar refractivity (Wildman–Crippen MR) is 19.6 cm³/mol. The summed E-state index contributed by atoms with van der Waals surface area (Å²) in [5, 5.41) is 0. The Kier molecular flexibility index (Phi) is 1.52. The molecule has 0 aliphatic heterocycles. The molecule has 0 fully saturated rings. The SMILES string of the molecule is C[14C](=O)Br. The van der Waals surface area contributed by atoms with Crippen LogP contribution in [0.25, 0.3) is 0 Å². The lowest BCUT2D eigenvalue weighted by atomic mass is 11.6. The zero-order chi connectivity index (χ0) is 3.58. The predicted octanol–water partition coefficient (Wildman–Crippen LogP) is 0.928. The molecule has 0 heterocycles. The van der Waals surface area contributed by atoms with E-state index in [1.807, 2.05) is 0 Å². The monoisotopic (exact) mass is 124 g/mol. The highest BCUT2D eigenvalue weighted by Gasteiger charge is 1.66. The molecule has 0 unspecified atom stereocenters. The normalized spacial score (nSPS) is 6.50. The van der Waals surface area contributed by atoms with Crippen molar-refractivity contribution in [1.29, 1.82) is 0 Å². The summed E-state index contributed by atoms with van der Waals surface area (Å²) in [5.41, 5.74) is 0. The molecule has 0 aliphatic carbocycles. The molecule has 1 nitrogen and oxygen atoms in total. The van der Waals surface area contributed by atoms with Gasteiger partial charge in [0.05, 0.1) is 0 Å². The van der Waals surface area contributed by atoms with Crippen molar-refractivity contribution in [3.8, 4) is 0 Å². The van der Waals surface area contributed by atoms with E-state index in [0.717, 1.165) is 0 Å². The summed E-state index contributed by atoms with van der Waals surface area (Å²) in [6.45, 7) is 1.44. The summed E-state index contributed by atoms with van der Waals surface area (Å²) in [7, 11) is 0. The molecule has 0 aromatic heterocycles. The molecule has 0 bridgehead atoms. The van der Waals surface area contributed by atoms with Crippen LogP contribution >= 0.6 is 15.9 Å². The molecule has 0 radical (unpaired) electrons. The van der Waals surface area contributed by atoms with Gasteiger partial charge >= 0.3 is 0 Å². The third-order valence-corrected chi connectivity index (χ3v) is 0. The van der Waals surface area contributed by atoms with Gasteiger partial charge in [-0.25, -0.2) is 0 Å². The van der Waals surface area contributed by atoms with Crippen molar-refractivity contribution in [2.75, 3.05) is 0 Å². The number of hydrogen-bond donors (Lipinski definition) is 0. The summed E-state index contributed by atoms with van der Waals surface area (Å²) in [4.78, 5) is 9.36. The molecule has 0 rings (SSSR count). The molecule has 0 saturated carbocycles. The maximum Gasteiger partial charge on any atom is 0.194 e. The van der Waals surface area contributed by atoms with E-state index in [1.165, 1.54) is 6.92 Å². The van der Waals surface area contributed by atoms with Gasteiger partial charge in [0.2, 0.25) is 0 Å². The van der Waals surface area contributed by atoms with Gasteiger partial charge in [-0.05, 0) is 15.9 Å². The largest absolute Gasteiger partial charge is 0.287 e. The van der Waals surface area contributed by atoms with Crippen LogP contribution in [0.3, 0.4) is 0 Å². The fourth-order valence-corrected chi connectivity index (χ4v) is 0. The van der Waals surface area contributed by atoms with Crippen molar-refractivity contribution >= 4 is 20.6 Å². The molecule has 0 atom stereocenters. The number of hydrogen-bond acceptors (Lipinski definition) is 1. The average Bonchev–Trinajstić information content (AvgIpc) is 0.811. The smallest absolute Gasteiger partial charge is 0.194 e. The lowest BCUT2D eigenvalue weighted by molar-refractivity contribution is -0.108. The molecule has 0 saturated heterocycles. The molecule has 0 aliphatic rings. The van der Waals surface area contributed by atoms with Crippen LogP contribution in [0.5, 0.6) is 0 Å². The highest BCUT2D eigenvalue weighted by atomic mass is 79.9. The van der Waals surface area contributed by atoms with E-state index in [0.29, 0.717) is 0 Å². The second kappa shape index (κ2) is 1.47. The Labute approximate surface area is 33.1 Å². The van der Waals surface area contributed by atoms with Crippen molar-refractivity contribution in [3.63, 3.8) is 0 Å². The topological polar surface area (TPSA) is 17.1 Å². The molecule has 0 amide bonds. The van der Waals surface area contributed by atoms with Crippen LogP contribution in [-0.4, -0.2) is 4.69 Å². The number of halogens is 1. The average molecular weight is 125 g/mol. The van der Waals surface area contributed by atoms with Crippen molar-refractivity contribution < 1.29 is 4.79 Å². The summed E-state index contributed by atoms with van der Waals surface area (Å²) in [6, 6.07) is 0. The third kappa shape index (κ3) is 126. The van der Waals surface area contributed by atoms with E-state index in [-0.39, 0.29) is 4.69 Å². The maximum absolute atomic E-state index is 9.36. The minimum absolute atomic E-state index is 0.0208. The highest BCUT2D eigenvalue weighted by Crippen LogP contribution is 1.74. The molecular weight excluding hydrogens is 122 g/mol. The Balaban J connectivity index is 2.80. The molecule has 0 spiro atoms. The molecule has 0 aromatic rings. The lowest BCUT2D eigenvalue weighted by Gasteiger charge is -1.52. The summed E-state index contributed by atoms with van der Waals surface area (Å²) in [6.07, 6.45) is 0. The quantitative estimate of drug-likeness (QED) is 0.440. The van der Waals surface area contributed by atoms with Crippen LogP contribution in [0.4, 0.5) is 0 Å². The summed E-state index contributed by atoms with van der Waals surface area (Å²) in [5.74, 6) is 0. The van der Waals surface area contributed by atoms with Gasteiger partial charge in [0.25, 0.3) is 0 Å². The fourth-order valence-electron chi connectivity index (χ4n) is 0. The molecular formula is C2H3BrO. The van der Waals surface area contributed by atoms with Gasteiger partial charge in [0, 0.05) is 6.92 Å². The lowest BCUT2D eigenvalue weighted by Crippen LogP contribution is -1.60. The Morgan fingerprint density at radius 1 is 2.00 bits per heavy atom. The Bertz CT molecular complexity index is 29.0. The molecule has 2 heteroatoms. The highest BCUT2D eigenvalue weighted by molar-refractivity contribution is 9.18. The summed E-state index contributed by atoms with van der Waals surface area (Å²) >= 11 is 2.63. The van der Waals surface area contributed by atoms with E-state index in [9.17, 15) is 4.79 Å². The second-order valence-corrected chi connectivity index (χ2v) is 1.59. The second-order valence-electron chi connectivity index (χ2n) is 0.470. The third-order valence-electron chi connectivity index (χ3n) is 0. The first-order valence-electron chi connectivity index (χ1n) is 0.893. The number of carbonyl (C=O) groups is 1. The number of rotatable bonds is 0. The van der Waals surface area contributed by atoms with Gasteiger partial charge in [-0.1, -0.05) is 0 Å². The van der Waals surface area contributed by atoms with Gasteiger partial charge in [0.1, 0.15) is 0 Å². The van der Waals surface area contributed by atoms with Crippen LogP contribution in [0.2, 0.25) is 0 Å². The van der Waals surface area contributed by atoms with Crippen LogP contribution in [-0.2, 0) is 4.79 Å². The van der Waals surface area contributed by atoms with Crippen LogP contribution in [0.1, 0.15) is 6.92 Å². The van der Waals surface area contributed by atoms with Crippen molar-refractivity contribution in [2.45, 2.75) is 6.92 Å². The molecule has 0 N–H and O–H groups in total. The van der Waals surface area contributed by atoms with Crippen LogP contribution in [0.15, 0.2) is 0 Å². The Morgan fingerprint density at radius 3 is 2.00 bits per heavy atom. The van der Waals surface area contributed by atoms with Gasteiger partial charge in [-0.2, -0.15) is 0 Å². The first-order chi connectivity index (χ1) is 1.73. The van der Waals surface area contributed by atoms with E-state index in [1.54, 1.807) is 0 Å². The molecule has 0 aromatic carbocycles. The van der Waals surface area contributed by atoms with Crippen molar-refractivity contribution in [2.24, 2.45) is 0 Å². The number of carbonyl (C=O) groups excluding carboxylic acids is 1. The maximum atomic E-state index is 9.36. The fraction of sp³-hybridized carbons (Fsp3) is 0.500. The van der Waals surface area contributed by atoms with Gasteiger partial charge < -0.3 is 0 Å². The molecule has 24 valence electrons. The first kappa shape index (κ1) is 4.15. The Morgan fingerprint density at radius 2 is 2.00 bits per heavy atom. The van der Waals surface area contributed by atoms with Crippen LogP contribution in [0, 0.1) is 0 Å². The minimum atomic E-state index is -0.0208. The van der Waals surface area contributed by atoms with E-state index in [4.69, 9.17) is 0 Å². The molecule has 4 heavy (non-hydrogen) atoms. The Hall–Kier alpha value is 0.150. The van der Waals surface area contributed by atoms with Crippen LogP contribution < -0.4 is 0 Å². The minimum Gasteiger partial charge on any atom is -0.287 e. The van der Waals surface area contributed by atoms with Gasteiger partial charge in [-0.3, -0.25) is 4.79 Å². The summed E-state index contributed by atoms with van der Waals surface area (Å²) < 4.78 is -0.0208. The zero-order valence-electron chi connectivity index (χ0n) is 2.29. The van der Waals surface area contributed by atoms with E-state index in [2.05, 4.69) is 15.9 Å².